The number of pyridine rings is 1. The highest BCUT2D eigenvalue weighted by Crippen LogP contribution is 2.23. The van der Waals surface area contributed by atoms with Crippen molar-refractivity contribution in [2.75, 3.05) is 32.2 Å². The van der Waals surface area contributed by atoms with E-state index in [4.69, 9.17) is 9.47 Å². The Hall–Kier alpha value is -1.17. The van der Waals surface area contributed by atoms with Crippen molar-refractivity contribution in [2.45, 2.75) is 37.6 Å². The zero-order valence-corrected chi connectivity index (χ0v) is 12.2. The van der Waals surface area contributed by atoms with Crippen molar-refractivity contribution >= 4 is 5.82 Å². The average Bonchev–Trinajstić information content (AvgIpc) is 3.22. The molecule has 0 aromatic carbocycles. The first-order valence-electron chi connectivity index (χ1n) is 7.29. The fraction of sp³-hybridized carbons (Fsp3) is 0.667. The molecule has 2 heterocycles. The lowest BCUT2D eigenvalue weighted by Gasteiger charge is -2.17. The molecule has 2 aliphatic rings. The predicted octanol–water partition coefficient (Wildman–Crippen LogP) is 1.18. The molecule has 1 aromatic heterocycles. The van der Waals surface area contributed by atoms with E-state index in [1.165, 1.54) is 18.4 Å². The Labute approximate surface area is 120 Å². The number of aromatic nitrogens is 1. The van der Waals surface area contributed by atoms with Gasteiger partial charge in [-0.3, -0.25) is 0 Å². The molecule has 0 amide bonds. The molecule has 2 unspecified atom stereocenters. The van der Waals surface area contributed by atoms with Crippen LogP contribution in [0.25, 0.3) is 0 Å². The summed E-state index contributed by atoms with van der Waals surface area (Å²) in [5.74, 6) is 1.02. The summed E-state index contributed by atoms with van der Waals surface area (Å²) in [7, 11) is 3.48. The number of hydrogen-bond acceptors (Lipinski definition) is 5. The summed E-state index contributed by atoms with van der Waals surface area (Å²) in [6.45, 7) is 2.60. The Morgan fingerprint density at radius 1 is 1.25 bits per heavy atom. The van der Waals surface area contributed by atoms with E-state index in [1.807, 2.05) is 6.20 Å². The maximum atomic E-state index is 5.48. The molecule has 1 aliphatic carbocycles. The lowest BCUT2D eigenvalue weighted by atomic mass is 10.2. The molecule has 5 heteroatoms. The summed E-state index contributed by atoms with van der Waals surface area (Å²) < 4.78 is 11.0. The maximum Gasteiger partial charge on any atom is 0.128 e. The second kappa shape index (κ2) is 6.08. The first-order chi connectivity index (χ1) is 9.80. The third-order valence-electron chi connectivity index (χ3n) is 4.13. The molecule has 3 rings (SSSR count). The minimum Gasteiger partial charge on any atom is -0.377 e. The van der Waals surface area contributed by atoms with Crippen LogP contribution in [0.5, 0.6) is 0 Å². The number of hydrogen-bond donors (Lipinski definition) is 1. The molecular formula is C15H23N3O2. The van der Waals surface area contributed by atoms with Gasteiger partial charge >= 0.3 is 0 Å². The van der Waals surface area contributed by atoms with Gasteiger partial charge in [-0.25, -0.2) is 4.98 Å². The van der Waals surface area contributed by atoms with Gasteiger partial charge < -0.3 is 19.7 Å². The molecule has 110 valence electrons. The first kappa shape index (κ1) is 13.8. The van der Waals surface area contributed by atoms with Crippen molar-refractivity contribution in [1.29, 1.82) is 0 Å². The smallest absolute Gasteiger partial charge is 0.128 e. The minimum atomic E-state index is 0.120. The van der Waals surface area contributed by atoms with Crippen LogP contribution in [0, 0.1) is 0 Å². The van der Waals surface area contributed by atoms with Gasteiger partial charge in [0.2, 0.25) is 0 Å². The zero-order valence-electron chi connectivity index (χ0n) is 12.2. The second-order valence-corrected chi connectivity index (χ2v) is 5.63. The topological polar surface area (TPSA) is 46.6 Å². The number of methoxy groups -OCH3 is 2. The third-order valence-corrected chi connectivity index (χ3v) is 4.13. The molecular weight excluding hydrogens is 254 g/mol. The molecule has 0 bridgehead atoms. The quantitative estimate of drug-likeness (QED) is 0.846. The van der Waals surface area contributed by atoms with Crippen LogP contribution in [0.4, 0.5) is 5.82 Å². The first-order valence-corrected chi connectivity index (χ1v) is 7.29. The van der Waals surface area contributed by atoms with Crippen LogP contribution in [-0.2, 0) is 16.0 Å². The van der Waals surface area contributed by atoms with E-state index in [9.17, 15) is 0 Å². The molecule has 1 aliphatic heterocycles. The van der Waals surface area contributed by atoms with E-state index < -0.39 is 0 Å². The fourth-order valence-electron chi connectivity index (χ4n) is 2.68. The largest absolute Gasteiger partial charge is 0.377 e. The van der Waals surface area contributed by atoms with Crippen molar-refractivity contribution < 1.29 is 9.47 Å². The number of nitrogens with zero attached hydrogens (tertiary/aromatic N) is 2. The minimum absolute atomic E-state index is 0.120. The predicted molar refractivity (Wildman–Crippen MR) is 77.9 cm³/mol. The molecule has 1 N–H and O–H groups in total. The van der Waals surface area contributed by atoms with Crippen molar-refractivity contribution in [3.8, 4) is 0 Å². The lowest BCUT2D eigenvalue weighted by molar-refractivity contribution is -0.00461. The fourth-order valence-corrected chi connectivity index (χ4v) is 2.68. The van der Waals surface area contributed by atoms with Crippen LogP contribution >= 0.6 is 0 Å². The normalized spacial score (nSPS) is 26.2. The van der Waals surface area contributed by atoms with Gasteiger partial charge in [0.25, 0.3) is 0 Å². The Morgan fingerprint density at radius 3 is 2.55 bits per heavy atom. The summed E-state index contributed by atoms with van der Waals surface area (Å²) in [4.78, 5) is 6.73. The van der Waals surface area contributed by atoms with E-state index >= 15 is 0 Å². The van der Waals surface area contributed by atoms with Gasteiger partial charge in [-0.15, -0.1) is 0 Å². The number of rotatable bonds is 6. The zero-order chi connectivity index (χ0) is 13.9. The van der Waals surface area contributed by atoms with Gasteiger partial charge in [-0.1, -0.05) is 0 Å². The Kier molecular flexibility index (Phi) is 4.19. The Bertz CT molecular complexity index is 438. The Balaban J connectivity index is 1.65. The lowest BCUT2D eigenvalue weighted by Crippen LogP contribution is -2.27. The highest BCUT2D eigenvalue weighted by Gasteiger charge is 2.33. The number of ether oxygens (including phenoxy) is 2. The average molecular weight is 277 g/mol. The van der Waals surface area contributed by atoms with E-state index in [0.717, 1.165) is 31.5 Å². The van der Waals surface area contributed by atoms with E-state index in [0.29, 0.717) is 0 Å². The molecule has 5 nitrogen and oxygen atoms in total. The summed E-state index contributed by atoms with van der Waals surface area (Å²) in [6.07, 6.45) is 4.76. The van der Waals surface area contributed by atoms with E-state index in [-0.39, 0.29) is 12.2 Å². The highest BCUT2D eigenvalue weighted by molar-refractivity contribution is 5.43. The monoisotopic (exact) mass is 277 g/mol. The van der Waals surface area contributed by atoms with Gasteiger partial charge in [-0.05, 0) is 30.5 Å². The molecule has 1 saturated heterocycles. The van der Waals surface area contributed by atoms with Crippen molar-refractivity contribution in [3.63, 3.8) is 0 Å². The van der Waals surface area contributed by atoms with Crippen molar-refractivity contribution in [3.05, 3.63) is 23.9 Å². The molecule has 1 saturated carbocycles. The molecule has 20 heavy (non-hydrogen) atoms. The number of nitrogens with one attached hydrogen (secondary N) is 1. The molecule has 2 fully saturated rings. The molecule has 1 aromatic rings. The van der Waals surface area contributed by atoms with Crippen LogP contribution in [-0.4, -0.2) is 50.5 Å². The van der Waals surface area contributed by atoms with E-state index in [2.05, 4.69) is 27.3 Å². The standard InChI is InChI=1S/C15H23N3O2/c1-19-13-9-18(10-14(13)20-2)15-7-11(5-6-16-15)8-17-12-3-4-12/h5-7,12-14,17H,3-4,8-10H2,1-2H3. The molecule has 0 spiro atoms. The molecule has 0 radical (unpaired) electrons. The van der Waals surface area contributed by atoms with Crippen LogP contribution in [0.1, 0.15) is 18.4 Å². The van der Waals surface area contributed by atoms with Crippen molar-refractivity contribution in [2.24, 2.45) is 0 Å². The summed E-state index contributed by atoms with van der Waals surface area (Å²) in [6, 6.07) is 4.98. The Morgan fingerprint density at radius 2 is 1.95 bits per heavy atom. The van der Waals surface area contributed by atoms with Gasteiger partial charge in [0.05, 0.1) is 0 Å². The van der Waals surface area contributed by atoms with Crippen LogP contribution < -0.4 is 10.2 Å². The van der Waals surface area contributed by atoms with Gasteiger partial charge in [0, 0.05) is 46.1 Å². The van der Waals surface area contributed by atoms with Crippen molar-refractivity contribution in [1.82, 2.24) is 10.3 Å². The van der Waals surface area contributed by atoms with Crippen LogP contribution in [0.2, 0.25) is 0 Å². The summed E-state index contributed by atoms with van der Waals surface area (Å²) in [5, 5.41) is 3.53. The van der Waals surface area contributed by atoms with Crippen LogP contribution in [0.3, 0.4) is 0 Å². The second-order valence-electron chi connectivity index (χ2n) is 5.63. The maximum absolute atomic E-state index is 5.48. The number of anilines is 1. The van der Waals surface area contributed by atoms with Crippen LogP contribution in [0.15, 0.2) is 18.3 Å². The van der Waals surface area contributed by atoms with Gasteiger partial charge in [0.1, 0.15) is 18.0 Å². The highest BCUT2D eigenvalue weighted by atomic mass is 16.5. The molecule has 2 atom stereocenters. The third kappa shape index (κ3) is 3.11. The van der Waals surface area contributed by atoms with Gasteiger partial charge in [0.15, 0.2) is 0 Å². The summed E-state index contributed by atoms with van der Waals surface area (Å²) >= 11 is 0. The van der Waals surface area contributed by atoms with Gasteiger partial charge in [-0.2, -0.15) is 0 Å². The SMILES string of the molecule is COC1CN(c2cc(CNC3CC3)ccn2)CC1OC. The summed E-state index contributed by atoms with van der Waals surface area (Å²) in [5.41, 5.74) is 1.29. The van der Waals surface area contributed by atoms with E-state index in [1.54, 1.807) is 14.2 Å².